The van der Waals surface area contributed by atoms with Crippen molar-refractivity contribution in [3.63, 3.8) is 0 Å². The average molecular weight is 246 g/mol. The van der Waals surface area contributed by atoms with Gasteiger partial charge < -0.3 is 0 Å². The van der Waals surface area contributed by atoms with Crippen LogP contribution in [0.15, 0.2) is 36.0 Å². The zero-order valence-corrected chi connectivity index (χ0v) is 12.1. The molecule has 3 atom stereocenters. The first-order valence-electron chi connectivity index (χ1n) is 7.02. The lowest BCUT2D eigenvalue weighted by atomic mass is 9.89. The first-order valence-corrected chi connectivity index (χ1v) is 7.02. The summed E-state index contributed by atoms with van der Waals surface area (Å²) in [6.45, 7) is 8.30. The van der Waals surface area contributed by atoms with Crippen molar-refractivity contribution in [2.45, 2.75) is 47.0 Å². The van der Waals surface area contributed by atoms with Crippen LogP contribution >= 0.6 is 0 Å². The quantitative estimate of drug-likeness (QED) is 0.613. The van der Waals surface area contributed by atoms with Crippen LogP contribution in [0.4, 0.5) is 0 Å². The van der Waals surface area contributed by atoms with E-state index in [0.717, 1.165) is 19.3 Å². The van der Waals surface area contributed by atoms with E-state index in [9.17, 15) is 4.79 Å². The van der Waals surface area contributed by atoms with Gasteiger partial charge in [-0.2, -0.15) is 0 Å². The van der Waals surface area contributed by atoms with Gasteiger partial charge in [-0.25, -0.2) is 0 Å². The summed E-state index contributed by atoms with van der Waals surface area (Å²) in [5, 5.41) is 0. The molecule has 0 aromatic rings. The Morgan fingerprint density at radius 3 is 2.39 bits per heavy atom. The zero-order chi connectivity index (χ0) is 13.5. The molecule has 0 aromatic carbocycles. The van der Waals surface area contributed by atoms with Gasteiger partial charge in [0.25, 0.3) is 0 Å². The molecular formula is C17H26O. The van der Waals surface area contributed by atoms with Gasteiger partial charge in [-0.1, -0.05) is 49.8 Å². The van der Waals surface area contributed by atoms with Crippen LogP contribution in [0.3, 0.4) is 0 Å². The first kappa shape index (κ1) is 14.9. The largest absolute Gasteiger partial charge is 0.299 e. The minimum absolute atomic E-state index is 0.107. The van der Waals surface area contributed by atoms with Crippen LogP contribution in [0, 0.1) is 17.8 Å². The van der Waals surface area contributed by atoms with Crippen LogP contribution in [0.2, 0.25) is 0 Å². The fraction of sp³-hybridized carbons (Fsp3) is 0.588. The van der Waals surface area contributed by atoms with Gasteiger partial charge in [0, 0.05) is 5.92 Å². The van der Waals surface area contributed by atoms with Gasteiger partial charge in [-0.3, -0.25) is 4.79 Å². The third-order valence-electron chi connectivity index (χ3n) is 3.95. The molecule has 0 heterocycles. The molecule has 0 saturated carbocycles. The van der Waals surface area contributed by atoms with Gasteiger partial charge in [0.1, 0.15) is 5.78 Å². The predicted octanol–water partition coefficient (Wildman–Crippen LogP) is 4.71. The summed E-state index contributed by atoms with van der Waals surface area (Å²) in [7, 11) is 0. The Balaban J connectivity index is 2.85. The van der Waals surface area contributed by atoms with Crippen molar-refractivity contribution in [1.82, 2.24) is 0 Å². The van der Waals surface area contributed by atoms with Crippen molar-refractivity contribution >= 4 is 5.78 Å². The Morgan fingerprint density at radius 2 is 1.78 bits per heavy atom. The van der Waals surface area contributed by atoms with E-state index in [0.29, 0.717) is 17.6 Å². The van der Waals surface area contributed by atoms with Gasteiger partial charge in [0.05, 0.1) is 0 Å². The monoisotopic (exact) mass is 246 g/mol. The molecule has 18 heavy (non-hydrogen) atoms. The van der Waals surface area contributed by atoms with Crippen LogP contribution < -0.4 is 0 Å². The number of hydrogen-bond acceptors (Lipinski definition) is 1. The molecule has 0 spiro atoms. The zero-order valence-electron chi connectivity index (χ0n) is 12.1. The van der Waals surface area contributed by atoms with Gasteiger partial charge in [0.2, 0.25) is 0 Å². The normalized spacial score (nSPS) is 33.8. The summed E-state index contributed by atoms with van der Waals surface area (Å²) in [4.78, 5) is 11.7. The SMILES string of the molecule is CC(=O)C1CC/C=C/C(C)C(C)/C=C/CC=C1C. The van der Waals surface area contributed by atoms with Crippen molar-refractivity contribution in [3.8, 4) is 0 Å². The molecule has 0 fully saturated rings. The highest BCUT2D eigenvalue weighted by Crippen LogP contribution is 2.21. The minimum atomic E-state index is 0.107. The second kappa shape index (κ2) is 7.35. The fourth-order valence-electron chi connectivity index (χ4n) is 2.37. The topological polar surface area (TPSA) is 17.1 Å². The average Bonchev–Trinajstić information content (AvgIpc) is 2.31. The lowest BCUT2D eigenvalue weighted by Crippen LogP contribution is -2.12. The summed E-state index contributed by atoms with van der Waals surface area (Å²) in [5.74, 6) is 1.55. The molecule has 3 unspecified atom stereocenters. The third kappa shape index (κ3) is 4.64. The molecule has 0 saturated heterocycles. The molecule has 0 radical (unpaired) electrons. The van der Waals surface area contributed by atoms with E-state index in [4.69, 9.17) is 0 Å². The van der Waals surface area contributed by atoms with E-state index in [-0.39, 0.29) is 5.92 Å². The minimum Gasteiger partial charge on any atom is -0.299 e. The number of allylic oxidation sites excluding steroid dienone is 6. The Kier molecular flexibility index (Phi) is 6.11. The maximum Gasteiger partial charge on any atom is 0.136 e. The van der Waals surface area contributed by atoms with Crippen LogP contribution in [0.1, 0.15) is 47.0 Å². The fourth-order valence-corrected chi connectivity index (χ4v) is 2.37. The highest BCUT2D eigenvalue weighted by Gasteiger charge is 2.15. The standard InChI is InChI=1S/C17H26O/c1-13-9-5-6-11-15(3)17(16(4)18)12-8-7-10-14(13)2/h5,7,9-11,13-14,17H,6,8,12H2,1-4H3/b9-5+,10-7+,15-11?. The number of carbonyl (C=O) groups excluding carboxylic acids is 1. The molecule has 1 aliphatic carbocycles. The predicted molar refractivity (Wildman–Crippen MR) is 78.4 cm³/mol. The van der Waals surface area contributed by atoms with Crippen LogP contribution in [-0.2, 0) is 4.79 Å². The highest BCUT2D eigenvalue weighted by molar-refractivity contribution is 5.81. The van der Waals surface area contributed by atoms with E-state index in [1.54, 1.807) is 6.92 Å². The molecule has 0 N–H and O–H groups in total. The van der Waals surface area contributed by atoms with Gasteiger partial charge in [0.15, 0.2) is 0 Å². The lowest BCUT2D eigenvalue weighted by molar-refractivity contribution is -0.119. The van der Waals surface area contributed by atoms with E-state index >= 15 is 0 Å². The van der Waals surface area contributed by atoms with E-state index < -0.39 is 0 Å². The molecule has 1 rings (SSSR count). The Hall–Kier alpha value is -1.11. The van der Waals surface area contributed by atoms with Crippen LogP contribution in [-0.4, -0.2) is 5.78 Å². The Labute approximate surface area is 112 Å². The van der Waals surface area contributed by atoms with E-state index in [1.807, 2.05) is 0 Å². The second-order valence-electron chi connectivity index (χ2n) is 5.50. The summed E-state index contributed by atoms with van der Waals surface area (Å²) in [6, 6.07) is 0. The maximum atomic E-state index is 11.7. The van der Waals surface area contributed by atoms with Crippen molar-refractivity contribution in [1.29, 1.82) is 0 Å². The summed E-state index contributed by atoms with van der Waals surface area (Å²) in [5.41, 5.74) is 1.22. The van der Waals surface area contributed by atoms with Crippen molar-refractivity contribution < 1.29 is 4.79 Å². The maximum absolute atomic E-state index is 11.7. The molecule has 0 bridgehead atoms. The lowest BCUT2D eigenvalue weighted by Gasteiger charge is -2.16. The third-order valence-corrected chi connectivity index (χ3v) is 3.95. The molecule has 1 aliphatic rings. The molecule has 0 aromatic heterocycles. The first-order chi connectivity index (χ1) is 8.52. The number of Topliss-reactive ketones (excluding diaryl/α,β-unsaturated/α-hetero) is 1. The van der Waals surface area contributed by atoms with E-state index in [1.165, 1.54) is 5.57 Å². The summed E-state index contributed by atoms with van der Waals surface area (Å²) < 4.78 is 0. The molecule has 0 aliphatic heterocycles. The highest BCUT2D eigenvalue weighted by atomic mass is 16.1. The smallest absolute Gasteiger partial charge is 0.136 e. The molecule has 1 nitrogen and oxygen atoms in total. The second-order valence-corrected chi connectivity index (χ2v) is 5.50. The molecule has 1 heteroatoms. The van der Waals surface area contributed by atoms with Crippen molar-refractivity contribution in [2.24, 2.45) is 17.8 Å². The molecule has 0 amide bonds. The number of hydrogen-bond donors (Lipinski definition) is 0. The Morgan fingerprint density at radius 1 is 1.17 bits per heavy atom. The van der Waals surface area contributed by atoms with Crippen LogP contribution in [0.25, 0.3) is 0 Å². The van der Waals surface area contributed by atoms with Gasteiger partial charge in [-0.05, 0) is 44.9 Å². The molecule has 100 valence electrons. The molecular weight excluding hydrogens is 220 g/mol. The van der Waals surface area contributed by atoms with Gasteiger partial charge in [-0.15, -0.1) is 0 Å². The van der Waals surface area contributed by atoms with E-state index in [2.05, 4.69) is 51.2 Å². The number of rotatable bonds is 1. The number of ketones is 1. The van der Waals surface area contributed by atoms with Crippen molar-refractivity contribution in [3.05, 3.63) is 36.0 Å². The van der Waals surface area contributed by atoms with Crippen molar-refractivity contribution in [2.75, 3.05) is 0 Å². The summed E-state index contributed by atoms with van der Waals surface area (Å²) >= 11 is 0. The Bertz CT molecular complexity index is 360. The summed E-state index contributed by atoms with van der Waals surface area (Å²) in [6.07, 6.45) is 14.1. The number of carbonyl (C=O) groups is 1. The van der Waals surface area contributed by atoms with Gasteiger partial charge >= 0.3 is 0 Å². The van der Waals surface area contributed by atoms with Crippen LogP contribution in [0.5, 0.6) is 0 Å².